The fourth-order valence-corrected chi connectivity index (χ4v) is 2.65. The number of hydrogen-bond donors (Lipinski definition) is 1. The molecular formula is C17H19BrFNO. The van der Waals surface area contributed by atoms with Crippen LogP contribution in [0.1, 0.15) is 29.7 Å². The van der Waals surface area contributed by atoms with Crippen LogP contribution in [0.4, 0.5) is 4.39 Å². The van der Waals surface area contributed by atoms with Gasteiger partial charge in [-0.15, -0.1) is 0 Å². The van der Waals surface area contributed by atoms with E-state index in [0.29, 0.717) is 11.1 Å². The zero-order valence-corrected chi connectivity index (χ0v) is 14.0. The van der Waals surface area contributed by atoms with Gasteiger partial charge < -0.3 is 10.1 Å². The Kier molecular flexibility index (Phi) is 5.37. The normalized spacial score (nSPS) is 12.2. The Balaban J connectivity index is 2.20. The molecule has 1 atom stereocenters. The molecule has 21 heavy (non-hydrogen) atoms. The van der Waals surface area contributed by atoms with Gasteiger partial charge in [-0.1, -0.05) is 28.1 Å². The highest BCUT2D eigenvalue weighted by Gasteiger charge is 2.11. The molecule has 2 aromatic rings. The van der Waals surface area contributed by atoms with Gasteiger partial charge in [-0.3, -0.25) is 0 Å². The van der Waals surface area contributed by atoms with Crippen LogP contribution < -0.4 is 10.1 Å². The standard InChI is InChI=1S/C17H19BrFNO/c1-11-4-5-16(12(2)20-3)17(6-11)21-10-13-7-14(18)9-15(19)8-13/h4-9,12,20H,10H2,1-3H3. The van der Waals surface area contributed by atoms with Crippen molar-refractivity contribution < 1.29 is 9.13 Å². The summed E-state index contributed by atoms with van der Waals surface area (Å²) in [5.41, 5.74) is 3.03. The van der Waals surface area contributed by atoms with E-state index < -0.39 is 0 Å². The summed E-state index contributed by atoms with van der Waals surface area (Å²) in [5.74, 6) is 0.563. The Morgan fingerprint density at radius 2 is 2.00 bits per heavy atom. The molecule has 0 saturated carbocycles. The summed E-state index contributed by atoms with van der Waals surface area (Å²) in [6.45, 7) is 4.44. The first-order valence-electron chi connectivity index (χ1n) is 6.85. The van der Waals surface area contributed by atoms with Crippen LogP contribution >= 0.6 is 15.9 Å². The van der Waals surface area contributed by atoms with Crippen molar-refractivity contribution in [3.63, 3.8) is 0 Å². The lowest BCUT2D eigenvalue weighted by Gasteiger charge is -2.17. The van der Waals surface area contributed by atoms with Crippen LogP contribution in [0.5, 0.6) is 5.75 Å². The minimum atomic E-state index is -0.268. The molecular weight excluding hydrogens is 333 g/mol. The van der Waals surface area contributed by atoms with Crippen LogP contribution in [0.15, 0.2) is 40.9 Å². The van der Waals surface area contributed by atoms with E-state index in [0.717, 1.165) is 22.4 Å². The second kappa shape index (κ2) is 7.05. The number of hydrogen-bond acceptors (Lipinski definition) is 2. The first kappa shape index (κ1) is 16.0. The summed E-state index contributed by atoms with van der Waals surface area (Å²) in [7, 11) is 1.91. The van der Waals surface area contributed by atoms with E-state index in [1.807, 2.05) is 26.1 Å². The summed E-state index contributed by atoms with van der Waals surface area (Å²) in [5, 5.41) is 3.21. The maximum absolute atomic E-state index is 13.4. The molecule has 0 saturated heterocycles. The number of aryl methyl sites for hydroxylation is 1. The Bertz CT molecular complexity index is 610. The Labute approximate surface area is 133 Å². The average Bonchev–Trinajstić information content (AvgIpc) is 2.43. The topological polar surface area (TPSA) is 21.3 Å². The summed E-state index contributed by atoms with van der Waals surface area (Å²) in [6, 6.07) is 11.1. The van der Waals surface area contributed by atoms with Gasteiger partial charge in [0.15, 0.2) is 0 Å². The van der Waals surface area contributed by atoms with Gasteiger partial charge in [-0.05, 0) is 56.3 Å². The molecule has 0 spiro atoms. The number of benzene rings is 2. The van der Waals surface area contributed by atoms with E-state index >= 15 is 0 Å². The SMILES string of the molecule is CNC(C)c1ccc(C)cc1OCc1cc(F)cc(Br)c1. The molecule has 0 radical (unpaired) electrons. The van der Waals surface area contributed by atoms with Gasteiger partial charge in [0, 0.05) is 16.1 Å². The van der Waals surface area contributed by atoms with Crippen LogP contribution in [-0.4, -0.2) is 7.05 Å². The van der Waals surface area contributed by atoms with E-state index in [1.54, 1.807) is 0 Å². The lowest BCUT2D eigenvalue weighted by molar-refractivity contribution is 0.299. The minimum Gasteiger partial charge on any atom is -0.489 e. The highest BCUT2D eigenvalue weighted by atomic mass is 79.9. The highest BCUT2D eigenvalue weighted by molar-refractivity contribution is 9.10. The molecule has 0 bridgehead atoms. The molecule has 0 aromatic heterocycles. The fraction of sp³-hybridized carbons (Fsp3) is 0.294. The van der Waals surface area contributed by atoms with Gasteiger partial charge in [0.05, 0.1) is 0 Å². The van der Waals surface area contributed by atoms with Gasteiger partial charge in [0.25, 0.3) is 0 Å². The van der Waals surface area contributed by atoms with Crippen molar-refractivity contribution >= 4 is 15.9 Å². The number of ether oxygens (including phenoxy) is 1. The third-order valence-electron chi connectivity index (χ3n) is 3.39. The molecule has 0 heterocycles. The zero-order valence-electron chi connectivity index (χ0n) is 12.4. The molecule has 0 aliphatic heterocycles. The number of halogens is 2. The Morgan fingerprint density at radius 1 is 1.24 bits per heavy atom. The molecule has 1 unspecified atom stereocenters. The highest BCUT2D eigenvalue weighted by Crippen LogP contribution is 2.27. The lowest BCUT2D eigenvalue weighted by Crippen LogP contribution is -2.14. The number of rotatable bonds is 5. The van der Waals surface area contributed by atoms with Crippen molar-refractivity contribution in [3.05, 3.63) is 63.4 Å². The third kappa shape index (κ3) is 4.29. The molecule has 4 heteroatoms. The molecule has 0 aliphatic carbocycles. The van der Waals surface area contributed by atoms with Crippen molar-refractivity contribution in [1.82, 2.24) is 5.32 Å². The fourth-order valence-electron chi connectivity index (χ4n) is 2.14. The molecule has 0 amide bonds. The Hall–Kier alpha value is -1.39. The number of nitrogens with one attached hydrogen (secondary N) is 1. The van der Waals surface area contributed by atoms with Crippen LogP contribution in [0.3, 0.4) is 0 Å². The van der Waals surface area contributed by atoms with E-state index in [9.17, 15) is 4.39 Å². The van der Waals surface area contributed by atoms with Crippen molar-refractivity contribution in [2.24, 2.45) is 0 Å². The predicted octanol–water partition coefficient (Wildman–Crippen LogP) is 4.76. The predicted molar refractivity (Wildman–Crippen MR) is 87.1 cm³/mol. The maximum Gasteiger partial charge on any atom is 0.124 e. The van der Waals surface area contributed by atoms with Gasteiger partial charge in [0.1, 0.15) is 18.2 Å². The molecule has 112 valence electrons. The van der Waals surface area contributed by atoms with Gasteiger partial charge in [0.2, 0.25) is 0 Å². The molecule has 0 aliphatic rings. The van der Waals surface area contributed by atoms with Crippen LogP contribution in [0, 0.1) is 12.7 Å². The lowest BCUT2D eigenvalue weighted by atomic mass is 10.1. The third-order valence-corrected chi connectivity index (χ3v) is 3.84. The average molecular weight is 352 g/mol. The van der Waals surface area contributed by atoms with Gasteiger partial charge in [-0.2, -0.15) is 0 Å². The second-order valence-electron chi connectivity index (χ2n) is 5.12. The molecule has 1 N–H and O–H groups in total. The van der Waals surface area contributed by atoms with Crippen molar-refractivity contribution in [2.45, 2.75) is 26.5 Å². The van der Waals surface area contributed by atoms with E-state index in [2.05, 4.69) is 40.3 Å². The zero-order chi connectivity index (χ0) is 15.4. The first-order chi connectivity index (χ1) is 9.99. The molecule has 0 fully saturated rings. The summed E-state index contributed by atoms with van der Waals surface area (Å²) in [6.07, 6.45) is 0. The summed E-state index contributed by atoms with van der Waals surface area (Å²) >= 11 is 3.29. The monoisotopic (exact) mass is 351 g/mol. The molecule has 2 aromatic carbocycles. The van der Waals surface area contributed by atoms with Crippen molar-refractivity contribution in [3.8, 4) is 5.75 Å². The van der Waals surface area contributed by atoms with Crippen LogP contribution in [0.2, 0.25) is 0 Å². The van der Waals surface area contributed by atoms with Crippen molar-refractivity contribution in [1.29, 1.82) is 0 Å². The summed E-state index contributed by atoms with van der Waals surface area (Å²) in [4.78, 5) is 0. The van der Waals surface area contributed by atoms with Crippen LogP contribution in [-0.2, 0) is 6.61 Å². The van der Waals surface area contributed by atoms with Gasteiger partial charge >= 0.3 is 0 Å². The second-order valence-corrected chi connectivity index (χ2v) is 6.03. The van der Waals surface area contributed by atoms with E-state index in [1.165, 1.54) is 12.1 Å². The largest absolute Gasteiger partial charge is 0.489 e. The first-order valence-corrected chi connectivity index (χ1v) is 7.64. The van der Waals surface area contributed by atoms with E-state index in [-0.39, 0.29) is 11.9 Å². The smallest absolute Gasteiger partial charge is 0.124 e. The van der Waals surface area contributed by atoms with Crippen molar-refractivity contribution in [2.75, 3.05) is 7.05 Å². The maximum atomic E-state index is 13.4. The summed E-state index contributed by atoms with van der Waals surface area (Å²) < 4.78 is 20.0. The van der Waals surface area contributed by atoms with E-state index in [4.69, 9.17) is 4.74 Å². The van der Waals surface area contributed by atoms with Crippen LogP contribution in [0.25, 0.3) is 0 Å². The molecule has 2 nitrogen and oxygen atoms in total. The molecule has 2 rings (SSSR count). The Morgan fingerprint density at radius 3 is 2.67 bits per heavy atom. The quantitative estimate of drug-likeness (QED) is 0.838. The minimum absolute atomic E-state index is 0.194. The van der Waals surface area contributed by atoms with Gasteiger partial charge in [-0.25, -0.2) is 4.39 Å².